The Morgan fingerprint density at radius 3 is 2.69 bits per heavy atom. The van der Waals surface area contributed by atoms with Crippen LogP contribution in [0.25, 0.3) is 0 Å². The Labute approximate surface area is 90.6 Å². The van der Waals surface area contributed by atoms with E-state index in [-0.39, 0.29) is 12.0 Å². The summed E-state index contributed by atoms with van der Waals surface area (Å²) in [6.07, 6.45) is -0.199. The molecule has 0 amide bonds. The highest BCUT2D eigenvalue weighted by Gasteiger charge is 2.18. The highest BCUT2D eigenvalue weighted by atomic mass is 19.1. The van der Waals surface area contributed by atoms with Crippen LogP contribution in [0.4, 0.5) is 8.78 Å². The first-order valence-corrected chi connectivity index (χ1v) is 4.46. The number of ether oxygens (including phenoxy) is 1. The second-order valence-corrected chi connectivity index (χ2v) is 3.23. The molecule has 0 spiro atoms. The summed E-state index contributed by atoms with van der Waals surface area (Å²) in [7, 11) is 1.15. The number of aromatic hydroxyl groups is 1. The zero-order valence-corrected chi connectivity index (χ0v) is 8.54. The van der Waals surface area contributed by atoms with Crippen LogP contribution < -0.4 is 5.73 Å². The zero-order valence-electron chi connectivity index (χ0n) is 8.54. The van der Waals surface area contributed by atoms with Gasteiger partial charge < -0.3 is 15.6 Å². The molecule has 0 bridgehead atoms. The van der Waals surface area contributed by atoms with Crippen LogP contribution in [0.5, 0.6) is 5.75 Å². The number of benzene rings is 1. The number of hydrogen-bond acceptors (Lipinski definition) is 4. The first kappa shape index (κ1) is 12.4. The molecular formula is C10H11F2NO3. The Morgan fingerprint density at radius 2 is 2.12 bits per heavy atom. The van der Waals surface area contributed by atoms with Gasteiger partial charge >= 0.3 is 5.97 Å². The molecule has 3 N–H and O–H groups in total. The number of nitrogens with two attached hydrogens (primary N) is 1. The molecule has 88 valence electrons. The summed E-state index contributed by atoms with van der Waals surface area (Å²) in [5, 5.41) is 8.88. The predicted octanol–water partition coefficient (Wildman–Crippen LogP) is 0.713. The molecule has 0 aromatic heterocycles. The molecule has 0 radical (unpaired) electrons. The Morgan fingerprint density at radius 1 is 1.50 bits per heavy atom. The molecule has 1 rings (SSSR count). The second-order valence-electron chi connectivity index (χ2n) is 3.23. The largest absolute Gasteiger partial charge is 0.505 e. The van der Waals surface area contributed by atoms with E-state index in [1.807, 2.05) is 0 Å². The first-order chi connectivity index (χ1) is 7.45. The Hall–Kier alpha value is -1.69. The molecule has 0 saturated carbocycles. The van der Waals surface area contributed by atoms with Crippen LogP contribution in [0.1, 0.15) is 5.56 Å². The van der Waals surface area contributed by atoms with Crippen molar-refractivity contribution in [2.75, 3.05) is 7.11 Å². The zero-order chi connectivity index (χ0) is 12.3. The monoisotopic (exact) mass is 231 g/mol. The minimum atomic E-state index is -1.07. The van der Waals surface area contributed by atoms with E-state index in [0.29, 0.717) is 6.07 Å². The van der Waals surface area contributed by atoms with Gasteiger partial charge in [0.25, 0.3) is 0 Å². The van der Waals surface area contributed by atoms with Gasteiger partial charge in [0.2, 0.25) is 0 Å². The van der Waals surface area contributed by atoms with Crippen molar-refractivity contribution in [2.45, 2.75) is 12.5 Å². The van der Waals surface area contributed by atoms with Crippen LogP contribution in [0.2, 0.25) is 0 Å². The molecule has 0 heterocycles. The fourth-order valence-corrected chi connectivity index (χ4v) is 1.21. The topological polar surface area (TPSA) is 72.5 Å². The fourth-order valence-electron chi connectivity index (χ4n) is 1.21. The Balaban J connectivity index is 2.89. The fraction of sp³-hybridized carbons (Fsp3) is 0.300. The maximum atomic E-state index is 13.2. The minimum Gasteiger partial charge on any atom is -0.505 e. The second kappa shape index (κ2) is 4.89. The molecule has 1 atom stereocenters. The van der Waals surface area contributed by atoms with E-state index in [1.165, 1.54) is 0 Å². The van der Waals surface area contributed by atoms with E-state index in [4.69, 9.17) is 10.8 Å². The Bertz CT molecular complexity index is 409. The summed E-state index contributed by atoms with van der Waals surface area (Å²) >= 11 is 0. The smallest absolute Gasteiger partial charge is 0.322 e. The number of methoxy groups -OCH3 is 1. The minimum absolute atomic E-state index is 0.0896. The van der Waals surface area contributed by atoms with Crippen molar-refractivity contribution in [3.8, 4) is 5.75 Å². The molecule has 4 nitrogen and oxygen atoms in total. The number of hydrogen-bond donors (Lipinski definition) is 2. The molecule has 16 heavy (non-hydrogen) atoms. The summed E-state index contributed by atoms with van der Waals surface area (Å²) in [6, 6.07) is 0.366. The molecule has 0 saturated heterocycles. The number of carbonyl (C=O) groups excluding carboxylic acids is 1. The molecule has 0 aliphatic rings. The molecule has 1 aromatic rings. The average Bonchev–Trinajstić information content (AvgIpc) is 2.24. The van der Waals surface area contributed by atoms with Crippen molar-refractivity contribution >= 4 is 5.97 Å². The van der Waals surface area contributed by atoms with Crippen molar-refractivity contribution in [3.05, 3.63) is 29.3 Å². The quantitative estimate of drug-likeness (QED) is 0.751. The standard InChI is InChI=1S/C10H11F2NO3/c1-16-10(15)8(13)3-5-2-7(12)9(14)4-6(5)11/h2,4,8,14H,3,13H2,1H3/t8-/m0/s1. The Kier molecular flexibility index (Phi) is 3.78. The molecule has 0 aliphatic carbocycles. The number of rotatable bonds is 3. The lowest BCUT2D eigenvalue weighted by Crippen LogP contribution is -2.33. The number of carbonyl (C=O) groups is 1. The summed E-state index contributed by atoms with van der Waals surface area (Å²) in [6.45, 7) is 0. The SMILES string of the molecule is COC(=O)[C@@H](N)Cc1cc(F)c(O)cc1F. The van der Waals surface area contributed by atoms with Gasteiger partial charge in [-0.05, 0) is 11.6 Å². The number of phenolic OH excluding ortho intramolecular Hbond substituents is 1. The van der Waals surface area contributed by atoms with E-state index in [0.717, 1.165) is 13.2 Å². The van der Waals surface area contributed by atoms with E-state index in [9.17, 15) is 13.6 Å². The van der Waals surface area contributed by atoms with Crippen LogP contribution in [0.15, 0.2) is 12.1 Å². The van der Waals surface area contributed by atoms with Gasteiger partial charge in [-0.15, -0.1) is 0 Å². The summed E-state index contributed by atoms with van der Waals surface area (Å²) in [5.74, 6) is -3.28. The van der Waals surface area contributed by atoms with Crippen molar-refractivity contribution in [2.24, 2.45) is 5.73 Å². The lowest BCUT2D eigenvalue weighted by molar-refractivity contribution is -0.142. The van der Waals surface area contributed by atoms with Gasteiger partial charge in [-0.3, -0.25) is 4.79 Å². The molecule has 0 fully saturated rings. The lowest BCUT2D eigenvalue weighted by Gasteiger charge is -2.10. The first-order valence-electron chi connectivity index (χ1n) is 4.46. The van der Waals surface area contributed by atoms with Crippen molar-refractivity contribution in [1.29, 1.82) is 0 Å². The maximum Gasteiger partial charge on any atom is 0.322 e. The van der Waals surface area contributed by atoms with Crippen molar-refractivity contribution in [1.82, 2.24) is 0 Å². The van der Waals surface area contributed by atoms with E-state index in [2.05, 4.69) is 4.74 Å². The van der Waals surface area contributed by atoms with Crippen LogP contribution in [-0.4, -0.2) is 24.2 Å². The van der Waals surface area contributed by atoms with Gasteiger partial charge in [-0.2, -0.15) is 0 Å². The van der Waals surface area contributed by atoms with Gasteiger partial charge in [-0.1, -0.05) is 0 Å². The van der Waals surface area contributed by atoms with Gasteiger partial charge in [0.05, 0.1) is 7.11 Å². The predicted molar refractivity (Wildman–Crippen MR) is 51.7 cm³/mol. The van der Waals surface area contributed by atoms with E-state index >= 15 is 0 Å². The van der Waals surface area contributed by atoms with Crippen LogP contribution in [0, 0.1) is 11.6 Å². The van der Waals surface area contributed by atoms with Crippen LogP contribution >= 0.6 is 0 Å². The number of esters is 1. The maximum absolute atomic E-state index is 13.2. The molecular weight excluding hydrogens is 220 g/mol. The summed E-state index contributed by atoms with van der Waals surface area (Å²) in [4.78, 5) is 11.0. The third-order valence-corrected chi connectivity index (χ3v) is 2.06. The average molecular weight is 231 g/mol. The number of halogens is 2. The van der Waals surface area contributed by atoms with Gasteiger partial charge in [0.15, 0.2) is 11.6 Å². The highest BCUT2D eigenvalue weighted by molar-refractivity contribution is 5.75. The summed E-state index contributed by atoms with van der Waals surface area (Å²) in [5.41, 5.74) is 5.30. The third kappa shape index (κ3) is 2.66. The number of phenols is 1. The normalized spacial score (nSPS) is 12.2. The van der Waals surface area contributed by atoms with Gasteiger partial charge in [0.1, 0.15) is 11.9 Å². The van der Waals surface area contributed by atoms with Crippen molar-refractivity contribution in [3.63, 3.8) is 0 Å². The lowest BCUT2D eigenvalue weighted by atomic mass is 10.1. The van der Waals surface area contributed by atoms with Gasteiger partial charge in [-0.25, -0.2) is 8.78 Å². The van der Waals surface area contributed by atoms with E-state index in [1.54, 1.807) is 0 Å². The molecule has 6 heteroatoms. The van der Waals surface area contributed by atoms with E-state index < -0.39 is 29.4 Å². The van der Waals surface area contributed by atoms with Crippen LogP contribution in [-0.2, 0) is 16.0 Å². The third-order valence-electron chi connectivity index (χ3n) is 2.06. The van der Waals surface area contributed by atoms with Crippen molar-refractivity contribution < 1.29 is 23.4 Å². The van der Waals surface area contributed by atoms with Gasteiger partial charge in [0, 0.05) is 12.5 Å². The molecule has 0 aliphatic heterocycles. The highest BCUT2D eigenvalue weighted by Crippen LogP contribution is 2.20. The molecule has 1 aromatic carbocycles. The summed E-state index contributed by atoms with van der Waals surface area (Å²) < 4.78 is 30.5. The van der Waals surface area contributed by atoms with Crippen LogP contribution in [0.3, 0.4) is 0 Å². The molecule has 0 unspecified atom stereocenters.